The van der Waals surface area contributed by atoms with E-state index in [-0.39, 0.29) is 29.5 Å². The number of hydrogen-bond donors (Lipinski definition) is 4. The van der Waals surface area contributed by atoms with Crippen LogP contribution < -0.4 is 0 Å². The van der Waals surface area contributed by atoms with Gasteiger partial charge in [-0.2, -0.15) is 0 Å². The van der Waals surface area contributed by atoms with Crippen LogP contribution in [0.25, 0.3) is 0 Å². The second-order valence-electron chi connectivity index (χ2n) is 14.8. The van der Waals surface area contributed by atoms with Crippen molar-refractivity contribution in [2.75, 3.05) is 0 Å². The molecule has 1 aromatic rings. The first-order chi connectivity index (χ1) is 19.0. The van der Waals surface area contributed by atoms with Gasteiger partial charge in [-0.25, -0.2) is 4.79 Å². The molecule has 7 nitrogen and oxygen atoms in total. The minimum Gasteiger partial charge on any atom is -0.456 e. The molecule has 226 valence electrons. The predicted octanol–water partition coefficient (Wildman–Crippen LogP) is 4.75. The fraction of sp³-hybridized carbons (Fsp3) is 0.706. The topological polar surface area (TPSA) is 124 Å². The zero-order valence-electron chi connectivity index (χ0n) is 25.2. The lowest BCUT2D eigenvalue weighted by Crippen LogP contribution is -2.62. The Morgan fingerprint density at radius 1 is 1.02 bits per heavy atom. The van der Waals surface area contributed by atoms with E-state index in [9.17, 15) is 30.0 Å². The Hall–Kier alpha value is -2.06. The van der Waals surface area contributed by atoms with E-state index in [2.05, 4.69) is 6.92 Å². The SMILES string of the molecule is CC(C)(O)CC[C@@H](OC(=O)c1ccccc1)[C@@](C)(O)[C@H]1CC[C@@]2(O)C3=CC(=O)C4C[C@@H](O)CC[C@]4(C)C3CC[C@]12C. The third kappa shape index (κ3) is 5.01. The number of carbonyl (C=O) groups excluding carboxylic acids is 2. The molecule has 0 bridgehead atoms. The van der Waals surface area contributed by atoms with E-state index in [0.717, 1.165) is 18.4 Å². The lowest BCUT2D eigenvalue weighted by atomic mass is 9.46. The predicted molar refractivity (Wildman–Crippen MR) is 155 cm³/mol. The zero-order valence-corrected chi connectivity index (χ0v) is 25.2. The highest BCUT2D eigenvalue weighted by Gasteiger charge is 2.69. The van der Waals surface area contributed by atoms with E-state index < -0.39 is 46.3 Å². The van der Waals surface area contributed by atoms with Crippen molar-refractivity contribution in [1.82, 2.24) is 0 Å². The van der Waals surface area contributed by atoms with Crippen molar-refractivity contribution in [1.29, 1.82) is 0 Å². The summed E-state index contributed by atoms with van der Waals surface area (Å²) in [6.07, 6.45) is 5.12. The number of aliphatic hydroxyl groups excluding tert-OH is 1. The highest BCUT2D eigenvalue weighted by atomic mass is 16.6. The number of fused-ring (bicyclic) bond motifs is 5. The van der Waals surface area contributed by atoms with Crippen molar-refractivity contribution in [3.63, 3.8) is 0 Å². The Labute approximate surface area is 244 Å². The van der Waals surface area contributed by atoms with Crippen molar-refractivity contribution in [3.8, 4) is 0 Å². The molecule has 2 unspecified atom stereocenters. The van der Waals surface area contributed by atoms with Crippen molar-refractivity contribution in [2.45, 2.75) is 121 Å². The van der Waals surface area contributed by atoms with Crippen LogP contribution in [0, 0.1) is 28.6 Å². The van der Waals surface area contributed by atoms with Crippen molar-refractivity contribution >= 4 is 11.8 Å². The van der Waals surface area contributed by atoms with Gasteiger partial charge in [-0.3, -0.25) is 4.79 Å². The van der Waals surface area contributed by atoms with Crippen LogP contribution in [-0.2, 0) is 9.53 Å². The molecule has 0 aliphatic heterocycles. The number of ether oxygens (including phenoxy) is 1. The van der Waals surface area contributed by atoms with Crippen LogP contribution in [0.4, 0.5) is 0 Å². The fourth-order valence-electron chi connectivity index (χ4n) is 9.20. The molecule has 1 aromatic carbocycles. The number of rotatable bonds is 7. The summed E-state index contributed by atoms with van der Waals surface area (Å²) in [6, 6.07) is 8.68. The molecule has 7 heteroatoms. The Bertz CT molecular complexity index is 1200. The monoisotopic (exact) mass is 568 g/mol. The number of carbonyl (C=O) groups is 2. The summed E-state index contributed by atoms with van der Waals surface area (Å²) >= 11 is 0. The summed E-state index contributed by atoms with van der Waals surface area (Å²) in [4.78, 5) is 26.6. The highest BCUT2D eigenvalue weighted by Crippen LogP contribution is 2.68. The first-order valence-electron chi connectivity index (χ1n) is 15.4. The third-order valence-electron chi connectivity index (χ3n) is 11.7. The molecule has 0 spiro atoms. The van der Waals surface area contributed by atoms with Gasteiger partial charge in [0, 0.05) is 11.3 Å². The largest absolute Gasteiger partial charge is 0.456 e. The number of aliphatic hydroxyl groups is 4. The average Bonchev–Trinajstić information content (AvgIpc) is 3.19. The van der Waals surface area contributed by atoms with Gasteiger partial charge in [0.15, 0.2) is 5.78 Å². The average molecular weight is 569 g/mol. The van der Waals surface area contributed by atoms with Gasteiger partial charge in [-0.15, -0.1) is 0 Å². The summed E-state index contributed by atoms with van der Waals surface area (Å²) in [6.45, 7) is 9.27. The van der Waals surface area contributed by atoms with Gasteiger partial charge in [0.25, 0.3) is 0 Å². The molecule has 4 aliphatic rings. The summed E-state index contributed by atoms with van der Waals surface area (Å²) in [7, 11) is 0. The highest BCUT2D eigenvalue weighted by molar-refractivity contribution is 5.95. The Morgan fingerprint density at radius 2 is 1.71 bits per heavy atom. The molecule has 3 saturated carbocycles. The van der Waals surface area contributed by atoms with E-state index in [0.29, 0.717) is 44.1 Å². The van der Waals surface area contributed by atoms with E-state index in [4.69, 9.17) is 4.74 Å². The van der Waals surface area contributed by atoms with Gasteiger partial charge in [0.2, 0.25) is 0 Å². The molecule has 0 amide bonds. The van der Waals surface area contributed by atoms with Crippen molar-refractivity contribution in [2.24, 2.45) is 28.6 Å². The molecular formula is C34H48O7. The van der Waals surface area contributed by atoms with Gasteiger partial charge in [-0.1, -0.05) is 32.0 Å². The van der Waals surface area contributed by atoms with E-state index >= 15 is 0 Å². The summed E-state index contributed by atoms with van der Waals surface area (Å²) in [5.74, 6) is -1.15. The van der Waals surface area contributed by atoms with Crippen LogP contribution in [0.5, 0.6) is 0 Å². The Balaban J connectivity index is 1.47. The zero-order chi connectivity index (χ0) is 30.0. The lowest BCUT2D eigenvalue weighted by molar-refractivity contribution is -0.174. The first kappa shape index (κ1) is 30.4. The first-order valence-corrected chi connectivity index (χ1v) is 15.4. The Kier molecular flexibility index (Phi) is 7.63. The standard InChI is InChI=1S/C34H48O7/c1-30(2,38)15-14-28(41-29(37)21-9-7-6-8-10-21)33(5,39)27-13-18-34(40)24-20-26(36)25-19-22(35)11-16-31(25,3)23(24)12-17-32(27,34)4/h6-10,20,22-23,25,27-28,35,38-40H,11-19H2,1-5H3/t22-,23?,25?,27-,28+,31+,32+,33-,34+/m0/s1. The van der Waals surface area contributed by atoms with Gasteiger partial charge in [0.1, 0.15) is 11.7 Å². The second kappa shape index (κ2) is 10.3. The summed E-state index contributed by atoms with van der Waals surface area (Å²) < 4.78 is 6.01. The summed E-state index contributed by atoms with van der Waals surface area (Å²) in [5, 5.41) is 45.7. The van der Waals surface area contributed by atoms with Crippen LogP contribution in [0.1, 0.15) is 103 Å². The van der Waals surface area contributed by atoms with Crippen LogP contribution in [0.3, 0.4) is 0 Å². The van der Waals surface area contributed by atoms with Crippen molar-refractivity contribution in [3.05, 3.63) is 47.5 Å². The van der Waals surface area contributed by atoms with Crippen molar-refractivity contribution < 1.29 is 34.8 Å². The number of allylic oxidation sites excluding steroid dienone is 1. The number of hydrogen-bond acceptors (Lipinski definition) is 7. The second-order valence-corrected chi connectivity index (χ2v) is 14.8. The molecular weight excluding hydrogens is 520 g/mol. The van der Waals surface area contributed by atoms with E-state index in [1.54, 1.807) is 51.1 Å². The van der Waals surface area contributed by atoms with E-state index in [1.807, 2.05) is 13.0 Å². The van der Waals surface area contributed by atoms with E-state index in [1.165, 1.54) is 0 Å². The molecule has 4 N–H and O–H groups in total. The normalized spacial score (nSPS) is 39.0. The molecule has 0 saturated heterocycles. The van der Waals surface area contributed by atoms with Crippen LogP contribution >= 0.6 is 0 Å². The smallest absolute Gasteiger partial charge is 0.338 e. The van der Waals surface area contributed by atoms with Crippen LogP contribution in [0.2, 0.25) is 0 Å². The van der Waals surface area contributed by atoms with Gasteiger partial charge in [0.05, 0.1) is 22.9 Å². The Morgan fingerprint density at radius 3 is 2.37 bits per heavy atom. The molecule has 5 rings (SSSR count). The van der Waals surface area contributed by atoms with Gasteiger partial charge in [-0.05, 0) is 120 Å². The molecule has 9 atom stereocenters. The maximum absolute atomic E-state index is 13.5. The minimum absolute atomic E-state index is 0.00905. The fourth-order valence-corrected chi connectivity index (χ4v) is 9.20. The van der Waals surface area contributed by atoms with Crippen LogP contribution in [-0.4, -0.2) is 61.2 Å². The van der Waals surface area contributed by atoms with Gasteiger partial charge < -0.3 is 25.2 Å². The molecule has 0 aromatic heterocycles. The number of ketones is 1. The minimum atomic E-state index is -1.50. The van der Waals surface area contributed by atoms with Gasteiger partial charge >= 0.3 is 5.97 Å². The molecule has 0 heterocycles. The summed E-state index contributed by atoms with van der Waals surface area (Å²) in [5.41, 5.74) is -3.66. The van der Waals surface area contributed by atoms with Crippen LogP contribution in [0.15, 0.2) is 42.0 Å². The maximum atomic E-state index is 13.5. The molecule has 0 radical (unpaired) electrons. The molecule has 41 heavy (non-hydrogen) atoms. The third-order valence-corrected chi connectivity index (χ3v) is 11.7. The molecule has 4 aliphatic carbocycles. The molecule has 3 fully saturated rings. The maximum Gasteiger partial charge on any atom is 0.338 e. The quantitative estimate of drug-likeness (QED) is 0.350. The number of benzene rings is 1. The number of esters is 1. The lowest BCUT2D eigenvalue weighted by Gasteiger charge is -2.60.